The fourth-order valence-corrected chi connectivity index (χ4v) is 4.43. The van der Waals surface area contributed by atoms with Gasteiger partial charge < -0.3 is 4.90 Å². The molecule has 0 N–H and O–H groups in total. The lowest BCUT2D eigenvalue weighted by Gasteiger charge is -2.36. The molecule has 0 spiro atoms. The SMILES string of the molecule is Cc1ccc([C@@H]2c3ccsc3CCN2C(=O)c2ccc(Cl)cc2)cc1. The molecule has 2 aromatic carbocycles. The number of rotatable bonds is 2. The van der Waals surface area contributed by atoms with Crippen LogP contribution in [0.5, 0.6) is 0 Å². The Morgan fingerprint density at radius 1 is 1.08 bits per heavy atom. The van der Waals surface area contributed by atoms with Crippen LogP contribution in [0.1, 0.15) is 38.0 Å². The lowest BCUT2D eigenvalue weighted by molar-refractivity contribution is 0.0696. The van der Waals surface area contributed by atoms with E-state index < -0.39 is 0 Å². The van der Waals surface area contributed by atoms with E-state index in [2.05, 4.69) is 42.6 Å². The number of halogens is 1. The van der Waals surface area contributed by atoms with Gasteiger partial charge >= 0.3 is 0 Å². The highest BCUT2D eigenvalue weighted by atomic mass is 35.5. The van der Waals surface area contributed by atoms with Crippen LogP contribution in [0.2, 0.25) is 5.02 Å². The quantitative estimate of drug-likeness (QED) is 0.585. The molecule has 2 nitrogen and oxygen atoms in total. The lowest BCUT2D eigenvalue weighted by Crippen LogP contribution is -2.40. The number of benzene rings is 2. The zero-order chi connectivity index (χ0) is 17.4. The van der Waals surface area contributed by atoms with Gasteiger partial charge in [-0.05, 0) is 60.2 Å². The number of hydrogen-bond acceptors (Lipinski definition) is 2. The Bertz CT molecular complexity index is 898. The van der Waals surface area contributed by atoms with Crippen molar-refractivity contribution in [1.82, 2.24) is 4.90 Å². The van der Waals surface area contributed by atoms with Gasteiger partial charge in [0.05, 0.1) is 6.04 Å². The third-order valence-electron chi connectivity index (χ3n) is 4.71. The largest absolute Gasteiger partial charge is 0.327 e. The van der Waals surface area contributed by atoms with Crippen LogP contribution in [-0.4, -0.2) is 17.4 Å². The predicted molar refractivity (Wildman–Crippen MR) is 104 cm³/mol. The Morgan fingerprint density at radius 2 is 1.80 bits per heavy atom. The lowest BCUT2D eigenvalue weighted by atomic mass is 9.92. The molecule has 0 saturated carbocycles. The topological polar surface area (TPSA) is 20.3 Å². The van der Waals surface area contributed by atoms with E-state index >= 15 is 0 Å². The first kappa shape index (κ1) is 16.4. The maximum Gasteiger partial charge on any atom is 0.254 e. The molecule has 1 aliphatic heterocycles. The molecule has 4 heteroatoms. The summed E-state index contributed by atoms with van der Waals surface area (Å²) >= 11 is 7.75. The van der Waals surface area contributed by atoms with Crippen LogP contribution in [0.4, 0.5) is 0 Å². The van der Waals surface area contributed by atoms with Gasteiger partial charge in [-0.1, -0.05) is 41.4 Å². The van der Waals surface area contributed by atoms with Crippen molar-refractivity contribution in [3.05, 3.63) is 92.1 Å². The van der Waals surface area contributed by atoms with Gasteiger partial charge in [0, 0.05) is 22.0 Å². The minimum Gasteiger partial charge on any atom is -0.327 e. The number of nitrogens with zero attached hydrogens (tertiary/aromatic N) is 1. The van der Waals surface area contributed by atoms with E-state index in [0.717, 1.165) is 18.5 Å². The molecule has 3 aromatic rings. The molecule has 0 fully saturated rings. The van der Waals surface area contributed by atoms with Crippen LogP contribution in [0.15, 0.2) is 60.0 Å². The maximum atomic E-state index is 13.2. The van der Waals surface area contributed by atoms with Crippen LogP contribution in [0, 0.1) is 6.92 Å². The molecule has 1 amide bonds. The van der Waals surface area contributed by atoms with Gasteiger partial charge in [0.25, 0.3) is 5.91 Å². The third kappa shape index (κ3) is 3.10. The van der Waals surface area contributed by atoms with Gasteiger partial charge in [-0.3, -0.25) is 4.79 Å². The van der Waals surface area contributed by atoms with Crippen molar-refractivity contribution >= 4 is 28.8 Å². The molecule has 2 heterocycles. The second-order valence-electron chi connectivity index (χ2n) is 6.37. The molecule has 0 bridgehead atoms. The van der Waals surface area contributed by atoms with E-state index in [1.54, 1.807) is 35.6 Å². The minimum atomic E-state index is -0.0289. The zero-order valence-electron chi connectivity index (χ0n) is 13.9. The van der Waals surface area contributed by atoms with E-state index in [0.29, 0.717) is 10.6 Å². The van der Waals surface area contributed by atoms with Crippen LogP contribution in [-0.2, 0) is 6.42 Å². The van der Waals surface area contributed by atoms with Gasteiger partial charge in [0.1, 0.15) is 0 Å². The van der Waals surface area contributed by atoms with E-state index in [9.17, 15) is 4.79 Å². The summed E-state index contributed by atoms with van der Waals surface area (Å²) < 4.78 is 0. The van der Waals surface area contributed by atoms with Gasteiger partial charge in [0.15, 0.2) is 0 Å². The van der Waals surface area contributed by atoms with Crippen molar-refractivity contribution in [3.63, 3.8) is 0 Å². The Kier molecular flexibility index (Phi) is 4.36. The van der Waals surface area contributed by atoms with Crippen molar-refractivity contribution in [2.24, 2.45) is 0 Å². The fourth-order valence-electron chi connectivity index (χ4n) is 3.40. The molecule has 0 radical (unpaired) electrons. The Balaban J connectivity index is 1.76. The fraction of sp³-hybridized carbons (Fsp3) is 0.190. The monoisotopic (exact) mass is 367 g/mol. The van der Waals surface area contributed by atoms with Crippen molar-refractivity contribution in [1.29, 1.82) is 0 Å². The Labute approximate surface area is 156 Å². The number of fused-ring (bicyclic) bond motifs is 1. The third-order valence-corrected chi connectivity index (χ3v) is 5.96. The highest BCUT2D eigenvalue weighted by molar-refractivity contribution is 7.10. The van der Waals surface area contributed by atoms with E-state index in [4.69, 9.17) is 11.6 Å². The Hall–Kier alpha value is -2.10. The summed E-state index contributed by atoms with van der Waals surface area (Å²) in [6.07, 6.45) is 0.911. The van der Waals surface area contributed by atoms with E-state index in [1.165, 1.54) is 16.0 Å². The zero-order valence-corrected chi connectivity index (χ0v) is 15.5. The summed E-state index contributed by atoms with van der Waals surface area (Å²) in [5, 5.41) is 2.77. The standard InChI is InChI=1S/C21H18ClNOS/c1-14-2-4-15(5-3-14)20-18-11-13-25-19(18)10-12-23(20)21(24)16-6-8-17(22)9-7-16/h2-9,11,13,20H,10,12H2,1H3/t20-/m1/s1. The average molecular weight is 368 g/mol. The first-order valence-corrected chi connectivity index (χ1v) is 9.58. The Morgan fingerprint density at radius 3 is 2.52 bits per heavy atom. The second-order valence-corrected chi connectivity index (χ2v) is 7.80. The molecule has 25 heavy (non-hydrogen) atoms. The number of aryl methyl sites for hydroxylation is 1. The molecule has 0 saturated heterocycles. The van der Waals surface area contributed by atoms with Crippen molar-refractivity contribution in [3.8, 4) is 0 Å². The normalized spacial score (nSPS) is 16.6. The minimum absolute atomic E-state index is 0.0289. The van der Waals surface area contributed by atoms with E-state index in [1.807, 2.05) is 4.90 Å². The summed E-state index contributed by atoms with van der Waals surface area (Å²) in [4.78, 5) is 16.5. The van der Waals surface area contributed by atoms with Gasteiger partial charge in [-0.15, -0.1) is 11.3 Å². The summed E-state index contributed by atoms with van der Waals surface area (Å²) in [5.74, 6) is 0.0547. The predicted octanol–water partition coefficient (Wildman–Crippen LogP) is 5.50. The molecular formula is C21H18ClNOS. The molecule has 0 aliphatic carbocycles. The van der Waals surface area contributed by atoms with Crippen LogP contribution < -0.4 is 0 Å². The van der Waals surface area contributed by atoms with E-state index in [-0.39, 0.29) is 11.9 Å². The van der Waals surface area contributed by atoms with Crippen LogP contribution >= 0.6 is 22.9 Å². The van der Waals surface area contributed by atoms with Gasteiger partial charge in [0.2, 0.25) is 0 Å². The maximum absolute atomic E-state index is 13.2. The molecular weight excluding hydrogens is 350 g/mol. The summed E-state index contributed by atoms with van der Waals surface area (Å²) in [6.45, 7) is 2.81. The molecule has 1 aromatic heterocycles. The highest BCUT2D eigenvalue weighted by Gasteiger charge is 2.33. The van der Waals surface area contributed by atoms with Crippen molar-refractivity contribution < 1.29 is 4.79 Å². The molecule has 1 aliphatic rings. The summed E-state index contributed by atoms with van der Waals surface area (Å²) in [7, 11) is 0. The van der Waals surface area contributed by atoms with Crippen molar-refractivity contribution in [2.45, 2.75) is 19.4 Å². The molecule has 4 rings (SSSR count). The summed E-state index contributed by atoms with van der Waals surface area (Å²) in [6, 6.07) is 17.8. The molecule has 1 atom stereocenters. The highest BCUT2D eigenvalue weighted by Crippen LogP contribution is 2.38. The van der Waals surface area contributed by atoms with Crippen molar-refractivity contribution in [2.75, 3.05) is 6.54 Å². The first-order valence-electron chi connectivity index (χ1n) is 8.33. The average Bonchev–Trinajstić information content (AvgIpc) is 3.10. The smallest absolute Gasteiger partial charge is 0.254 e. The van der Waals surface area contributed by atoms with Crippen LogP contribution in [0.3, 0.4) is 0 Å². The van der Waals surface area contributed by atoms with Crippen LogP contribution in [0.25, 0.3) is 0 Å². The van der Waals surface area contributed by atoms with Gasteiger partial charge in [-0.25, -0.2) is 0 Å². The number of hydrogen-bond donors (Lipinski definition) is 0. The number of carbonyl (C=O) groups excluding carboxylic acids is 1. The summed E-state index contributed by atoms with van der Waals surface area (Å²) in [5.41, 5.74) is 4.32. The number of amides is 1. The molecule has 0 unspecified atom stereocenters. The number of thiophene rings is 1. The number of carbonyl (C=O) groups is 1. The first-order chi connectivity index (χ1) is 12.1. The second kappa shape index (κ2) is 6.66. The van der Waals surface area contributed by atoms with Gasteiger partial charge in [-0.2, -0.15) is 0 Å². The molecule has 126 valence electrons.